The third-order valence-corrected chi connectivity index (χ3v) is 3.33. The van der Waals surface area contributed by atoms with Crippen LogP contribution < -0.4 is 5.32 Å². The van der Waals surface area contributed by atoms with Crippen LogP contribution in [-0.4, -0.2) is 12.7 Å². The van der Waals surface area contributed by atoms with Gasteiger partial charge in [-0.25, -0.2) is 4.39 Å². The van der Waals surface area contributed by atoms with Crippen molar-refractivity contribution in [3.8, 4) is 0 Å². The molecule has 0 radical (unpaired) electrons. The largest absolute Gasteiger partial charge is 0.415 e. The monoisotopic (exact) mass is 319 g/mol. The molecule has 1 unspecified atom stereocenters. The molecule has 0 aliphatic heterocycles. The van der Waals surface area contributed by atoms with E-state index in [0.29, 0.717) is 6.54 Å². The van der Waals surface area contributed by atoms with Crippen molar-refractivity contribution in [3.63, 3.8) is 0 Å². The fourth-order valence-electron chi connectivity index (χ4n) is 1.74. The second-order valence-electron chi connectivity index (χ2n) is 5.18. The summed E-state index contributed by atoms with van der Waals surface area (Å²) in [7, 11) is 0. The van der Waals surface area contributed by atoms with Crippen LogP contribution in [0.2, 0.25) is 0 Å². The first-order chi connectivity index (χ1) is 10.1. The molecular weight excluding hydrogens is 294 g/mol. The van der Waals surface area contributed by atoms with Crippen molar-refractivity contribution in [1.82, 2.24) is 5.32 Å². The average molecular weight is 319 g/mol. The third-order valence-electron chi connectivity index (χ3n) is 3.33. The molecule has 0 aliphatic carbocycles. The first kappa shape index (κ1) is 20.5. The third kappa shape index (κ3) is 7.48. The summed E-state index contributed by atoms with van der Waals surface area (Å²) in [5.74, 6) is -1.05. The van der Waals surface area contributed by atoms with Gasteiger partial charge >= 0.3 is 6.18 Å². The lowest BCUT2D eigenvalue weighted by molar-refractivity contribution is -0.0956. The molecule has 22 heavy (non-hydrogen) atoms. The quantitative estimate of drug-likeness (QED) is 0.337. The van der Waals surface area contributed by atoms with Gasteiger partial charge in [0, 0.05) is 18.7 Å². The van der Waals surface area contributed by atoms with Crippen LogP contribution in [0.25, 0.3) is 0 Å². The zero-order valence-electron chi connectivity index (χ0n) is 13.6. The first-order valence-corrected chi connectivity index (χ1v) is 7.30. The maximum absolute atomic E-state index is 13.6. The minimum absolute atomic E-state index is 0.0603. The SMILES string of the molecule is C=C(NCC(C)/C=C\C/C(F)=C(\CC)C(F)(F)F)/C(C)=C/C. The molecule has 1 atom stereocenters. The van der Waals surface area contributed by atoms with Crippen LogP contribution in [0.15, 0.2) is 47.5 Å². The van der Waals surface area contributed by atoms with Gasteiger partial charge in [0.1, 0.15) is 5.83 Å². The molecule has 0 bridgehead atoms. The van der Waals surface area contributed by atoms with E-state index >= 15 is 0 Å². The maximum Gasteiger partial charge on any atom is 0.415 e. The van der Waals surface area contributed by atoms with Gasteiger partial charge in [0.25, 0.3) is 0 Å². The van der Waals surface area contributed by atoms with Crippen molar-refractivity contribution in [2.24, 2.45) is 5.92 Å². The zero-order valence-corrected chi connectivity index (χ0v) is 13.6. The predicted molar refractivity (Wildman–Crippen MR) is 84.0 cm³/mol. The smallest absolute Gasteiger partial charge is 0.385 e. The van der Waals surface area contributed by atoms with Crippen LogP contribution in [0.5, 0.6) is 0 Å². The lowest BCUT2D eigenvalue weighted by Crippen LogP contribution is -2.19. The van der Waals surface area contributed by atoms with Crippen molar-refractivity contribution in [2.75, 3.05) is 6.54 Å². The summed E-state index contributed by atoms with van der Waals surface area (Å²) >= 11 is 0. The summed E-state index contributed by atoms with van der Waals surface area (Å²) in [4.78, 5) is 0. The molecule has 1 N–H and O–H groups in total. The van der Waals surface area contributed by atoms with Gasteiger partial charge in [-0.2, -0.15) is 13.2 Å². The van der Waals surface area contributed by atoms with Crippen molar-refractivity contribution in [1.29, 1.82) is 0 Å². The molecule has 0 saturated heterocycles. The number of hydrogen-bond acceptors (Lipinski definition) is 1. The van der Waals surface area contributed by atoms with Crippen molar-refractivity contribution >= 4 is 0 Å². The van der Waals surface area contributed by atoms with Gasteiger partial charge in [0.2, 0.25) is 0 Å². The second kappa shape index (κ2) is 9.49. The van der Waals surface area contributed by atoms with Gasteiger partial charge in [-0.05, 0) is 31.8 Å². The van der Waals surface area contributed by atoms with E-state index in [0.717, 1.165) is 11.3 Å². The number of nitrogens with one attached hydrogen (secondary N) is 1. The molecule has 0 aromatic rings. The highest BCUT2D eigenvalue weighted by atomic mass is 19.4. The Morgan fingerprint density at radius 2 is 1.91 bits per heavy atom. The lowest BCUT2D eigenvalue weighted by atomic mass is 10.1. The fourth-order valence-corrected chi connectivity index (χ4v) is 1.74. The van der Waals surface area contributed by atoms with Crippen LogP contribution in [0.4, 0.5) is 17.6 Å². The Morgan fingerprint density at radius 3 is 2.36 bits per heavy atom. The van der Waals surface area contributed by atoms with Crippen LogP contribution in [0, 0.1) is 5.92 Å². The van der Waals surface area contributed by atoms with Crippen molar-refractivity contribution in [3.05, 3.63) is 47.5 Å². The zero-order chi connectivity index (χ0) is 17.3. The van der Waals surface area contributed by atoms with Gasteiger partial charge in [-0.1, -0.05) is 38.7 Å². The van der Waals surface area contributed by atoms with E-state index in [1.165, 1.54) is 13.0 Å². The molecule has 0 fully saturated rings. The molecule has 5 heteroatoms. The highest BCUT2D eigenvalue weighted by Crippen LogP contribution is 2.32. The van der Waals surface area contributed by atoms with Crippen LogP contribution in [-0.2, 0) is 0 Å². The maximum atomic E-state index is 13.6. The summed E-state index contributed by atoms with van der Waals surface area (Å²) < 4.78 is 51.1. The second-order valence-corrected chi connectivity index (χ2v) is 5.18. The molecule has 0 amide bonds. The van der Waals surface area contributed by atoms with Crippen molar-refractivity contribution in [2.45, 2.75) is 46.7 Å². The molecule has 0 spiro atoms. The fraction of sp³-hybridized carbons (Fsp3) is 0.529. The van der Waals surface area contributed by atoms with E-state index < -0.39 is 17.6 Å². The van der Waals surface area contributed by atoms with Gasteiger partial charge in [-0.3, -0.25) is 0 Å². The predicted octanol–water partition coefficient (Wildman–Crippen LogP) is 5.83. The summed E-state index contributed by atoms with van der Waals surface area (Å²) in [6.07, 6.45) is -0.214. The lowest BCUT2D eigenvalue weighted by Gasteiger charge is -2.13. The standard InChI is InChI=1S/C17H25F4N/c1-6-13(4)14(5)22-11-12(3)9-8-10-16(18)15(7-2)17(19,20)21/h6,8-9,12,22H,5,7,10-11H2,1-4H3/b9-8-,13-6+,16-15-. The molecule has 0 aromatic heterocycles. The first-order valence-electron chi connectivity index (χ1n) is 7.30. The normalized spacial score (nSPS) is 15.7. The van der Waals surface area contributed by atoms with E-state index in [2.05, 4.69) is 11.9 Å². The molecule has 1 nitrogen and oxygen atoms in total. The molecule has 126 valence electrons. The Bertz CT molecular complexity index is 456. The average Bonchev–Trinajstić information content (AvgIpc) is 2.42. The van der Waals surface area contributed by atoms with E-state index in [-0.39, 0.29) is 18.8 Å². The van der Waals surface area contributed by atoms with E-state index in [4.69, 9.17) is 0 Å². The van der Waals surface area contributed by atoms with Gasteiger partial charge < -0.3 is 5.32 Å². The summed E-state index contributed by atoms with van der Waals surface area (Å²) in [5, 5.41) is 3.13. The molecule has 0 aromatic carbocycles. The molecule has 0 rings (SSSR count). The molecular formula is C17H25F4N. The summed E-state index contributed by atoms with van der Waals surface area (Å²) in [6, 6.07) is 0. The Labute approximate surface area is 130 Å². The molecule has 0 aliphatic rings. The van der Waals surface area contributed by atoms with E-state index in [9.17, 15) is 17.6 Å². The number of halogens is 4. The number of alkyl halides is 3. The topological polar surface area (TPSA) is 12.0 Å². The van der Waals surface area contributed by atoms with Gasteiger partial charge in [0.05, 0.1) is 5.57 Å². The number of rotatable bonds is 8. The minimum Gasteiger partial charge on any atom is -0.385 e. The number of hydrogen-bond donors (Lipinski definition) is 1. The minimum atomic E-state index is -4.60. The Balaban J connectivity index is 4.49. The Hall–Kier alpha value is -1.52. The number of allylic oxidation sites excluding steroid dienone is 5. The Morgan fingerprint density at radius 1 is 1.32 bits per heavy atom. The molecule has 0 heterocycles. The summed E-state index contributed by atoms with van der Waals surface area (Å²) in [5.41, 5.74) is 0.752. The highest BCUT2D eigenvalue weighted by molar-refractivity contribution is 5.23. The van der Waals surface area contributed by atoms with E-state index in [1.54, 1.807) is 6.08 Å². The van der Waals surface area contributed by atoms with E-state index in [1.807, 2.05) is 26.8 Å². The summed E-state index contributed by atoms with van der Waals surface area (Å²) in [6.45, 7) is 11.5. The van der Waals surface area contributed by atoms with Gasteiger partial charge in [-0.15, -0.1) is 0 Å². The van der Waals surface area contributed by atoms with Crippen molar-refractivity contribution < 1.29 is 17.6 Å². The van der Waals surface area contributed by atoms with Crippen LogP contribution in [0.1, 0.15) is 40.5 Å². The van der Waals surface area contributed by atoms with Gasteiger partial charge in [0.15, 0.2) is 0 Å². The Kier molecular flexibility index (Phi) is 8.83. The highest BCUT2D eigenvalue weighted by Gasteiger charge is 2.34. The van der Waals surface area contributed by atoms with Crippen LogP contribution >= 0.6 is 0 Å². The van der Waals surface area contributed by atoms with Crippen LogP contribution in [0.3, 0.4) is 0 Å². The molecule has 0 saturated carbocycles.